The summed E-state index contributed by atoms with van der Waals surface area (Å²) in [7, 11) is 0. The van der Waals surface area contributed by atoms with Crippen molar-refractivity contribution in [3.05, 3.63) is 69.5 Å². The number of rotatable bonds is 10. The van der Waals surface area contributed by atoms with Gasteiger partial charge in [-0.3, -0.25) is 9.36 Å². The van der Waals surface area contributed by atoms with E-state index >= 15 is 0 Å². The monoisotopic (exact) mass is 631 g/mol. The quantitative estimate of drug-likeness (QED) is 0.178. The minimum atomic E-state index is -0.421. The van der Waals surface area contributed by atoms with Gasteiger partial charge >= 0.3 is 0 Å². The molecular weight excluding hydrogens is 604 g/mol. The molecule has 0 radical (unpaired) electrons. The molecule has 4 atom stereocenters. The summed E-state index contributed by atoms with van der Waals surface area (Å²) in [5, 5.41) is 15.6. The lowest BCUT2D eigenvalue weighted by Crippen LogP contribution is -2.25. The Bertz CT molecular complexity index is 1560. The van der Waals surface area contributed by atoms with Crippen LogP contribution in [0.15, 0.2) is 53.0 Å². The van der Waals surface area contributed by atoms with Gasteiger partial charge in [-0.15, -0.1) is 21.5 Å². The molecule has 2 aromatic heterocycles. The van der Waals surface area contributed by atoms with Crippen molar-refractivity contribution in [3.8, 4) is 17.0 Å². The van der Waals surface area contributed by atoms with E-state index in [1.165, 1.54) is 54.8 Å². The fourth-order valence-electron chi connectivity index (χ4n) is 6.10. The van der Waals surface area contributed by atoms with Crippen molar-refractivity contribution in [1.82, 2.24) is 19.7 Å². The minimum absolute atomic E-state index is 0.0858. The Labute approximate surface area is 255 Å². The van der Waals surface area contributed by atoms with Crippen LogP contribution < -0.4 is 10.1 Å². The first-order valence-corrected chi connectivity index (χ1v) is 16.1. The Hall–Kier alpha value is -2.66. The molecule has 7 nitrogen and oxygen atoms in total. The summed E-state index contributed by atoms with van der Waals surface area (Å²) in [5.74, 6) is 2.30. The van der Waals surface area contributed by atoms with Gasteiger partial charge < -0.3 is 10.1 Å². The van der Waals surface area contributed by atoms with Crippen LogP contribution >= 0.6 is 46.3 Å². The molecular formula is C29H28Cl2FN5O2S2. The normalized spacial score (nSPS) is 20.3. The van der Waals surface area contributed by atoms with E-state index in [9.17, 15) is 9.18 Å². The lowest BCUT2D eigenvalue weighted by molar-refractivity contribution is -0.113. The van der Waals surface area contributed by atoms with E-state index in [-0.39, 0.29) is 30.1 Å². The largest absolute Gasteiger partial charge is 0.483 e. The van der Waals surface area contributed by atoms with Gasteiger partial charge in [0.2, 0.25) is 5.91 Å². The highest BCUT2D eigenvalue weighted by molar-refractivity contribution is 7.99. The molecule has 2 aliphatic rings. The van der Waals surface area contributed by atoms with E-state index in [1.54, 1.807) is 30.3 Å². The van der Waals surface area contributed by atoms with Gasteiger partial charge in [0.05, 0.1) is 21.5 Å². The molecule has 12 heteroatoms. The summed E-state index contributed by atoms with van der Waals surface area (Å²) in [4.78, 5) is 17.4. The predicted octanol–water partition coefficient (Wildman–Crippen LogP) is 8.15. The Morgan fingerprint density at radius 3 is 2.80 bits per heavy atom. The maximum absolute atomic E-state index is 14.2. The number of thiazole rings is 1. The molecule has 0 aliphatic heterocycles. The molecule has 2 saturated carbocycles. The SMILES string of the molecule is C[C@H]([C@@H]1C[C@@H]2CC[C@@H]1C2)n1c(COc2ccccc2F)nnc1SCC(=O)Nc1nc(-c2ccc(Cl)c(Cl)c2)cs1. The number of carbonyl (C=O) groups excluding carboxylic acids is 1. The molecule has 0 saturated heterocycles. The van der Waals surface area contributed by atoms with Crippen LogP contribution in [0.25, 0.3) is 11.3 Å². The lowest BCUT2D eigenvalue weighted by Gasteiger charge is -2.30. The van der Waals surface area contributed by atoms with E-state index in [0.29, 0.717) is 43.7 Å². The maximum atomic E-state index is 14.2. The van der Waals surface area contributed by atoms with Crippen molar-refractivity contribution < 1.29 is 13.9 Å². The fourth-order valence-corrected chi connectivity index (χ4v) is 7.97. The first-order chi connectivity index (χ1) is 19.9. The van der Waals surface area contributed by atoms with Crippen LogP contribution in [0.1, 0.15) is 44.5 Å². The summed E-state index contributed by atoms with van der Waals surface area (Å²) in [6, 6.07) is 11.8. The van der Waals surface area contributed by atoms with E-state index < -0.39 is 5.82 Å². The molecule has 2 heterocycles. The zero-order valence-electron chi connectivity index (χ0n) is 22.2. The predicted molar refractivity (Wildman–Crippen MR) is 161 cm³/mol. The number of nitrogens with one attached hydrogen (secondary N) is 1. The Balaban J connectivity index is 1.15. The number of fused-ring (bicyclic) bond motifs is 2. The summed E-state index contributed by atoms with van der Waals surface area (Å²) in [5.41, 5.74) is 1.52. The standard InChI is InChI=1S/C29H28Cl2FN5O2S2/c1-16(20-11-17-6-7-18(20)10-17)37-26(13-39-25-5-3-2-4-23(25)32)35-36-29(37)41-15-27(38)34-28-33-24(14-40-28)19-8-9-21(30)22(31)12-19/h2-5,8-9,12,14,16-18,20H,6-7,10-11,13,15H2,1H3,(H,33,34,38)/t16-,17-,18-,20+/m1/s1. The number of anilines is 1. The molecule has 2 aliphatic carbocycles. The van der Waals surface area contributed by atoms with Crippen LogP contribution in [0.3, 0.4) is 0 Å². The van der Waals surface area contributed by atoms with Crippen LogP contribution in [0.2, 0.25) is 10.0 Å². The highest BCUT2D eigenvalue weighted by Crippen LogP contribution is 2.52. The van der Waals surface area contributed by atoms with Crippen molar-refractivity contribution in [2.24, 2.45) is 17.8 Å². The number of para-hydroxylation sites is 1. The maximum Gasteiger partial charge on any atom is 0.236 e. The number of hydrogen-bond acceptors (Lipinski definition) is 7. The molecule has 6 rings (SSSR count). The zero-order chi connectivity index (χ0) is 28.5. The van der Waals surface area contributed by atoms with Gasteiger partial charge in [-0.05, 0) is 68.2 Å². The molecule has 4 aromatic rings. The first-order valence-electron chi connectivity index (χ1n) is 13.5. The fraction of sp³-hybridized carbons (Fsp3) is 0.379. The second-order valence-electron chi connectivity index (χ2n) is 10.6. The Kier molecular flexibility index (Phi) is 8.53. The van der Waals surface area contributed by atoms with Crippen LogP contribution in [0, 0.1) is 23.6 Å². The van der Waals surface area contributed by atoms with Crippen LogP contribution in [-0.2, 0) is 11.4 Å². The summed E-state index contributed by atoms with van der Waals surface area (Å²) >= 11 is 14.8. The number of thioether (sulfide) groups is 1. The second-order valence-corrected chi connectivity index (χ2v) is 13.2. The summed E-state index contributed by atoms with van der Waals surface area (Å²) < 4.78 is 22.1. The number of aromatic nitrogens is 4. The van der Waals surface area contributed by atoms with Crippen LogP contribution in [0.5, 0.6) is 5.75 Å². The van der Waals surface area contributed by atoms with Gasteiger partial charge in [0, 0.05) is 17.0 Å². The van der Waals surface area contributed by atoms with Gasteiger partial charge in [-0.2, -0.15) is 0 Å². The third-order valence-electron chi connectivity index (χ3n) is 8.05. The average molecular weight is 633 g/mol. The van der Waals surface area contributed by atoms with Gasteiger partial charge in [0.1, 0.15) is 6.61 Å². The first kappa shape index (κ1) is 28.5. The Morgan fingerprint density at radius 1 is 1.20 bits per heavy atom. The highest BCUT2D eigenvalue weighted by atomic mass is 35.5. The molecule has 0 spiro atoms. The molecule has 1 amide bonds. The molecule has 2 aromatic carbocycles. The van der Waals surface area contributed by atoms with E-state index in [1.807, 2.05) is 11.4 Å². The number of carbonyl (C=O) groups is 1. The third kappa shape index (κ3) is 6.26. The smallest absolute Gasteiger partial charge is 0.236 e. The number of hydrogen-bond donors (Lipinski definition) is 1. The average Bonchev–Trinajstić information content (AvgIpc) is 3.77. The number of halogens is 3. The van der Waals surface area contributed by atoms with Crippen molar-refractivity contribution in [1.29, 1.82) is 0 Å². The zero-order valence-corrected chi connectivity index (χ0v) is 25.4. The highest BCUT2D eigenvalue weighted by Gasteiger charge is 2.43. The van der Waals surface area contributed by atoms with Gasteiger partial charge in [0.25, 0.3) is 0 Å². The third-order valence-corrected chi connectivity index (χ3v) is 10.5. The van der Waals surface area contributed by atoms with Gasteiger partial charge in [-0.25, -0.2) is 9.37 Å². The molecule has 1 N–H and O–H groups in total. The minimum Gasteiger partial charge on any atom is -0.483 e. The Morgan fingerprint density at radius 2 is 2.05 bits per heavy atom. The molecule has 0 unspecified atom stereocenters. The molecule has 2 bridgehead atoms. The summed E-state index contributed by atoms with van der Waals surface area (Å²) in [6.07, 6.45) is 5.03. The van der Waals surface area contributed by atoms with Gasteiger partial charge in [0.15, 0.2) is 27.7 Å². The number of benzene rings is 2. The van der Waals surface area contributed by atoms with Crippen molar-refractivity contribution in [2.45, 2.75) is 50.4 Å². The second kappa shape index (κ2) is 12.3. The number of nitrogens with zero attached hydrogens (tertiary/aromatic N) is 4. The van der Waals surface area contributed by atoms with Crippen molar-refractivity contribution in [2.75, 3.05) is 11.1 Å². The number of amides is 1. The number of ether oxygens (including phenoxy) is 1. The van der Waals surface area contributed by atoms with E-state index in [4.69, 9.17) is 27.9 Å². The van der Waals surface area contributed by atoms with E-state index in [2.05, 4.69) is 32.0 Å². The van der Waals surface area contributed by atoms with E-state index in [0.717, 1.165) is 11.5 Å². The topological polar surface area (TPSA) is 81.9 Å². The van der Waals surface area contributed by atoms with Gasteiger partial charge in [-0.1, -0.05) is 59.6 Å². The van der Waals surface area contributed by atoms with Crippen LogP contribution in [-0.4, -0.2) is 31.4 Å². The molecule has 2 fully saturated rings. The van der Waals surface area contributed by atoms with Crippen LogP contribution in [0.4, 0.5) is 9.52 Å². The van der Waals surface area contributed by atoms with Crippen molar-refractivity contribution in [3.63, 3.8) is 0 Å². The van der Waals surface area contributed by atoms with Crippen molar-refractivity contribution >= 4 is 57.3 Å². The molecule has 214 valence electrons. The lowest BCUT2D eigenvalue weighted by atomic mass is 9.84. The summed E-state index contributed by atoms with van der Waals surface area (Å²) in [6.45, 7) is 2.29. The molecule has 41 heavy (non-hydrogen) atoms.